The second-order valence-electron chi connectivity index (χ2n) is 6.32. The van der Waals surface area contributed by atoms with Crippen LogP contribution in [0, 0.1) is 0 Å². The van der Waals surface area contributed by atoms with Crippen molar-refractivity contribution in [3.63, 3.8) is 0 Å². The number of rotatable bonds is 6. The van der Waals surface area contributed by atoms with Gasteiger partial charge in [0, 0.05) is 18.6 Å². The van der Waals surface area contributed by atoms with Gasteiger partial charge >= 0.3 is 12.0 Å². The maximum atomic E-state index is 12.4. The highest BCUT2D eigenvalue weighted by molar-refractivity contribution is 5.80. The second-order valence-corrected chi connectivity index (χ2v) is 6.32. The van der Waals surface area contributed by atoms with E-state index in [0.717, 1.165) is 45.3 Å². The molecule has 0 aromatic heterocycles. The lowest BCUT2D eigenvalue weighted by Gasteiger charge is -2.30. The molecule has 2 rings (SSSR count). The number of carboxylic acid groups (broad SMARTS) is 1. The van der Waals surface area contributed by atoms with Gasteiger partial charge in [-0.2, -0.15) is 0 Å². The van der Waals surface area contributed by atoms with Crippen LogP contribution in [0.4, 0.5) is 4.79 Å². The molecule has 6 heteroatoms. The fourth-order valence-corrected chi connectivity index (χ4v) is 3.42. The van der Waals surface area contributed by atoms with Gasteiger partial charge in [0.2, 0.25) is 0 Å². The first-order valence-corrected chi connectivity index (χ1v) is 8.07. The summed E-state index contributed by atoms with van der Waals surface area (Å²) in [5.74, 6) is -0.941. The van der Waals surface area contributed by atoms with Gasteiger partial charge < -0.3 is 20.2 Å². The van der Waals surface area contributed by atoms with E-state index in [1.54, 1.807) is 0 Å². The normalized spacial score (nSPS) is 21.4. The number of aliphatic carboxylic acids is 1. The van der Waals surface area contributed by atoms with Gasteiger partial charge in [0.15, 0.2) is 0 Å². The maximum absolute atomic E-state index is 12.4. The van der Waals surface area contributed by atoms with E-state index in [9.17, 15) is 9.59 Å². The Hall–Kier alpha value is -1.30. The zero-order valence-corrected chi connectivity index (χ0v) is 12.9. The molecule has 1 aliphatic carbocycles. The van der Waals surface area contributed by atoms with E-state index in [1.807, 2.05) is 6.92 Å². The van der Waals surface area contributed by atoms with E-state index in [-0.39, 0.29) is 24.7 Å². The molecule has 0 bridgehead atoms. The molecule has 1 saturated heterocycles. The van der Waals surface area contributed by atoms with Gasteiger partial charge in [0.05, 0.1) is 0 Å². The number of likely N-dealkylation sites (tertiary alicyclic amines) is 1. The predicted molar refractivity (Wildman–Crippen MR) is 80.3 cm³/mol. The van der Waals surface area contributed by atoms with E-state index in [2.05, 4.69) is 10.2 Å². The van der Waals surface area contributed by atoms with Crippen molar-refractivity contribution in [1.29, 1.82) is 0 Å². The lowest BCUT2D eigenvalue weighted by Crippen LogP contribution is -2.51. The molecule has 120 valence electrons. The van der Waals surface area contributed by atoms with Crippen LogP contribution in [-0.2, 0) is 4.79 Å². The second kappa shape index (κ2) is 7.64. The van der Waals surface area contributed by atoms with E-state index >= 15 is 0 Å². The Morgan fingerprint density at radius 2 is 1.86 bits per heavy atom. The summed E-state index contributed by atoms with van der Waals surface area (Å²) in [4.78, 5) is 27.2. The van der Waals surface area contributed by atoms with Crippen LogP contribution in [0.3, 0.4) is 0 Å². The highest BCUT2D eigenvalue weighted by Gasteiger charge is 2.29. The molecule has 0 spiro atoms. The third-order valence-corrected chi connectivity index (χ3v) is 4.43. The van der Waals surface area contributed by atoms with E-state index < -0.39 is 5.97 Å². The number of hydrogen-bond acceptors (Lipinski definition) is 3. The first-order chi connectivity index (χ1) is 10.1. The van der Waals surface area contributed by atoms with Crippen LogP contribution in [-0.4, -0.2) is 65.2 Å². The monoisotopic (exact) mass is 297 g/mol. The van der Waals surface area contributed by atoms with Crippen molar-refractivity contribution >= 4 is 12.0 Å². The zero-order valence-electron chi connectivity index (χ0n) is 12.9. The van der Waals surface area contributed by atoms with Gasteiger partial charge in [-0.05, 0) is 45.7 Å². The Bertz CT molecular complexity index is 363. The van der Waals surface area contributed by atoms with Crippen molar-refractivity contribution in [2.75, 3.05) is 26.2 Å². The number of hydrogen-bond donors (Lipinski definition) is 2. The fourth-order valence-electron chi connectivity index (χ4n) is 3.42. The van der Waals surface area contributed by atoms with Crippen LogP contribution >= 0.6 is 0 Å². The lowest BCUT2D eigenvalue weighted by atomic mass is 10.2. The van der Waals surface area contributed by atoms with Gasteiger partial charge in [0.1, 0.15) is 6.54 Å². The molecular weight excluding hydrogens is 270 g/mol. The maximum Gasteiger partial charge on any atom is 0.323 e. The van der Waals surface area contributed by atoms with Crippen molar-refractivity contribution in [2.24, 2.45) is 0 Å². The van der Waals surface area contributed by atoms with Crippen LogP contribution in [0.2, 0.25) is 0 Å². The minimum absolute atomic E-state index is 0.0493. The fraction of sp³-hybridized carbons (Fsp3) is 0.867. The molecule has 1 atom stereocenters. The summed E-state index contributed by atoms with van der Waals surface area (Å²) >= 11 is 0. The van der Waals surface area contributed by atoms with Gasteiger partial charge in [-0.25, -0.2) is 4.79 Å². The topological polar surface area (TPSA) is 72.9 Å². The van der Waals surface area contributed by atoms with Crippen molar-refractivity contribution < 1.29 is 14.7 Å². The molecule has 1 heterocycles. The first-order valence-electron chi connectivity index (χ1n) is 8.07. The molecule has 0 aromatic carbocycles. The SMILES string of the molecule is CC(CN1CCCC1)NC(=O)N(CC(=O)O)C1CCCC1. The number of urea groups is 1. The quantitative estimate of drug-likeness (QED) is 0.779. The minimum atomic E-state index is -0.941. The summed E-state index contributed by atoms with van der Waals surface area (Å²) in [5.41, 5.74) is 0. The molecule has 2 fully saturated rings. The van der Waals surface area contributed by atoms with Crippen LogP contribution < -0.4 is 5.32 Å². The molecule has 1 aliphatic heterocycles. The highest BCUT2D eigenvalue weighted by Crippen LogP contribution is 2.23. The van der Waals surface area contributed by atoms with E-state index in [0.29, 0.717) is 0 Å². The number of carbonyl (C=O) groups excluding carboxylic acids is 1. The summed E-state index contributed by atoms with van der Waals surface area (Å²) < 4.78 is 0. The Morgan fingerprint density at radius 3 is 2.43 bits per heavy atom. The van der Waals surface area contributed by atoms with E-state index in [1.165, 1.54) is 17.7 Å². The standard InChI is InChI=1S/C15H27N3O3/c1-12(10-17-8-4-5-9-17)16-15(21)18(11-14(19)20)13-6-2-3-7-13/h12-13H,2-11H2,1H3,(H,16,21)(H,19,20). The third-order valence-electron chi connectivity index (χ3n) is 4.43. The molecule has 0 radical (unpaired) electrons. The summed E-state index contributed by atoms with van der Waals surface area (Å²) in [6.45, 7) is 4.83. The van der Waals surface area contributed by atoms with Crippen LogP contribution in [0.25, 0.3) is 0 Å². The molecule has 2 amide bonds. The van der Waals surface area contributed by atoms with Gasteiger partial charge in [0.25, 0.3) is 0 Å². The summed E-state index contributed by atoms with van der Waals surface area (Å²) in [6, 6.07) is -0.0932. The molecule has 0 aromatic rings. The third kappa shape index (κ3) is 4.88. The summed E-state index contributed by atoms with van der Waals surface area (Å²) in [7, 11) is 0. The average Bonchev–Trinajstić information content (AvgIpc) is 3.07. The Kier molecular flexibility index (Phi) is 5.85. The number of carboxylic acids is 1. The molecule has 2 aliphatic rings. The van der Waals surface area contributed by atoms with Crippen molar-refractivity contribution in [2.45, 2.75) is 57.5 Å². The largest absolute Gasteiger partial charge is 0.480 e. The van der Waals surface area contributed by atoms with Crippen molar-refractivity contribution in [3.8, 4) is 0 Å². The number of carbonyl (C=O) groups is 2. The smallest absolute Gasteiger partial charge is 0.323 e. The van der Waals surface area contributed by atoms with E-state index in [4.69, 9.17) is 5.11 Å². The zero-order chi connectivity index (χ0) is 15.2. The molecule has 2 N–H and O–H groups in total. The summed E-state index contributed by atoms with van der Waals surface area (Å²) in [5, 5.41) is 12.0. The number of amides is 2. The van der Waals surface area contributed by atoms with Gasteiger partial charge in [-0.15, -0.1) is 0 Å². The highest BCUT2D eigenvalue weighted by atomic mass is 16.4. The Balaban J connectivity index is 1.85. The molecular formula is C15H27N3O3. The predicted octanol–water partition coefficient (Wildman–Crippen LogP) is 1.51. The molecule has 1 unspecified atom stereocenters. The number of nitrogens with one attached hydrogen (secondary N) is 1. The van der Waals surface area contributed by atoms with Crippen molar-refractivity contribution in [1.82, 2.24) is 15.1 Å². The average molecular weight is 297 g/mol. The summed E-state index contributed by atoms with van der Waals surface area (Å²) in [6.07, 6.45) is 6.46. The van der Waals surface area contributed by atoms with Crippen LogP contribution in [0.5, 0.6) is 0 Å². The van der Waals surface area contributed by atoms with Crippen molar-refractivity contribution in [3.05, 3.63) is 0 Å². The van der Waals surface area contributed by atoms with Crippen LogP contribution in [0.1, 0.15) is 45.4 Å². The minimum Gasteiger partial charge on any atom is -0.480 e. The Morgan fingerprint density at radius 1 is 1.24 bits per heavy atom. The number of nitrogens with zero attached hydrogens (tertiary/aromatic N) is 2. The molecule has 1 saturated carbocycles. The van der Waals surface area contributed by atoms with Crippen LogP contribution in [0.15, 0.2) is 0 Å². The Labute approximate surface area is 126 Å². The molecule has 21 heavy (non-hydrogen) atoms. The van der Waals surface area contributed by atoms with Gasteiger partial charge in [-0.1, -0.05) is 12.8 Å². The first kappa shape index (κ1) is 16.1. The lowest BCUT2D eigenvalue weighted by molar-refractivity contribution is -0.138. The molecule has 6 nitrogen and oxygen atoms in total. The van der Waals surface area contributed by atoms with Gasteiger partial charge in [-0.3, -0.25) is 4.79 Å².